The molecule has 1 amide bonds. The van der Waals surface area contributed by atoms with Crippen molar-refractivity contribution in [2.75, 3.05) is 13.1 Å². The summed E-state index contributed by atoms with van der Waals surface area (Å²) in [7, 11) is 0. The minimum atomic E-state index is 0.00913. The minimum absolute atomic E-state index is 0.00913. The van der Waals surface area contributed by atoms with Crippen LogP contribution in [0.15, 0.2) is 72.9 Å². The zero-order valence-corrected chi connectivity index (χ0v) is 20.4. The number of pyridine rings is 1. The summed E-state index contributed by atoms with van der Waals surface area (Å²) < 4.78 is 5.91. The average Bonchev–Trinajstić information content (AvgIpc) is 2.84. The van der Waals surface area contributed by atoms with Crippen molar-refractivity contribution in [2.24, 2.45) is 5.41 Å². The molecule has 178 valence electrons. The number of carbonyl (C=O) groups is 1. The van der Waals surface area contributed by atoms with Crippen LogP contribution in [-0.4, -0.2) is 30.0 Å². The van der Waals surface area contributed by atoms with Crippen molar-refractivity contribution in [2.45, 2.75) is 52.2 Å². The molecule has 0 radical (unpaired) electrons. The second-order valence-corrected chi connectivity index (χ2v) is 10.1. The van der Waals surface area contributed by atoms with Crippen molar-refractivity contribution < 1.29 is 9.53 Å². The molecule has 1 atom stereocenters. The topological polar surface area (TPSA) is 63.2 Å². The summed E-state index contributed by atoms with van der Waals surface area (Å²) in [5.41, 5.74) is 4.06. The Morgan fingerprint density at radius 2 is 1.65 bits per heavy atom. The number of rotatable bonds is 7. The molecule has 5 heteroatoms. The van der Waals surface area contributed by atoms with Gasteiger partial charge in [0.2, 0.25) is 0 Å². The number of carbonyl (C=O) groups excluding carboxylic acids is 1. The molecule has 1 fully saturated rings. The van der Waals surface area contributed by atoms with E-state index in [1.54, 1.807) is 6.20 Å². The van der Waals surface area contributed by atoms with Crippen LogP contribution in [0.25, 0.3) is 0 Å². The third-order valence-electron chi connectivity index (χ3n) is 6.37. The maximum atomic E-state index is 12.7. The van der Waals surface area contributed by atoms with Crippen molar-refractivity contribution in [3.05, 3.63) is 95.3 Å². The third kappa shape index (κ3) is 6.23. The largest absolute Gasteiger partial charge is 0.487 e. The molecule has 2 N–H and O–H groups in total. The maximum absolute atomic E-state index is 12.7. The lowest BCUT2D eigenvalue weighted by Crippen LogP contribution is -2.42. The molecule has 5 nitrogen and oxygen atoms in total. The number of aromatic nitrogens is 1. The molecule has 1 unspecified atom stereocenters. The first-order valence-corrected chi connectivity index (χ1v) is 12.1. The molecule has 0 spiro atoms. The van der Waals surface area contributed by atoms with Gasteiger partial charge < -0.3 is 15.4 Å². The second-order valence-electron chi connectivity index (χ2n) is 10.1. The first-order chi connectivity index (χ1) is 16.4. The molecule has 4 rings (SSSR count). The zero-order valence-electron chi connectivity index (χ0n) is 20.4. The Kier molecular flexibility index (Phi) is 7.63. The maximum Gasteiger partial charge on any atom is 0.251 e. The smallest absolute Gasteiger partial charge is 0.251 e. The quantitative estimate of drug-likeness (QED) is 0.504. The van der Waals surface area contributed by atoms with Crippen LogP contribution in [0.1, 0.15) is 66.7 Å². The van der Waals surface area contributed by atoms with Gasteiger partial charge in [0.15, 0.2) is 0 Å². The van der Waals surface area contributed by atoms with E-state index in [1.165, 1.54) is 11.1 Å². The summed E-state index contributed by atoms with van der Waals surface area (Å²) in [6.45, 7) is 9.13. The van der Waals surface area contributed by atoms with Crippen molar-refractivity contribution in [3.8, 4) is 5.75 Å². The third-order valence-corrected chi connectivity index (χ3v) is 6.37. The van der Waals surface area contributed by atoms with Crippen LogP contribution < -0.4 is 15.4 Å². The van der Waals surface area contributed by atoms with Gasteiger partial charge in [-0.25, -0.2) is 0 Å². The van der Waals surface area contributed by atoms with Gasteiger partial charge in [0, 0.05) is 23.7 Å². The standard InChI is InChI=1S/C29H35N3O2/c1-29(2,3)27(22-11-13-26(14-12-22)34-20-25-6-4-5-17-31-25)21-7-9-23(10-8-21)28(33)32-24-15-18-30-19-16-24/h4-14,17,24,27,30H,15-16,18-20H2,1-3H3,(H,32,33). The van der Waals surface area contributed by atoms with Crippen molar-refractivity contribution in [1.82, 2.24) is 15.6 Å². The SMILES string of the molecule is CC(C)(C)C(c1ccc(OCc2ccccn2)cc1)c1ccc(C(=O)NC2CCNCC2)cc1. The van der Waals surface area contributed by atoms with Gasteiger partial charge in [-0.15, -0.1) is 0 Å². The fourth-order valence-corrected chi connectivity index (χ4v) is 4.65. The molecular weight excluding hydrogens is 422 g/mol. The Morgan fingerprint density at radius 3 is 2.24 bits per heavy atom. The van der Waals surface area contributed by atoms with E-state index in [4.69, 9.17) is 4.74 Å². The number of nitrogens with zero attached hydrogens (tertiary/aromatic N) is 1. The molecule has 3 aromatic rings. The van der Waals surface area contributed by atoms with Crippen LogP contribution in [0.5, 0.6) is 5.75 Å². The van der Waals surface area contributed by atoms with Crippen LogP contribution in [0.4, 0.5) is 0 Å². The van der Waals surface area contributed by atoms with Gasteiger partial charge in [0.05, 0.1) is 5.69 Å². The molecule has 0 saturated carbocycles. The highest BCUT2D eigenvalue weighted by atomic mass is 16.5. The van der Waals surface area contributed by atoms with Gasteiger partial charge in [-0.05, 0) is 78.9 Å². The summed E-state index contributed by atoms with van der Waals surface area (Å²) in [5, 5.41) is 6.51. The Labute approximate surface area is 203 Å². The van der Waals surface area contributed by atoms with E-state index >= 15 is 0 Å². The van der Waals surface area contributed by atoms with Crippen molar-refractivity contribution in [1.29, 1.82) is 0 Å². The normalized spacial score (nSPS) is 15.5. The lowest BCUT2D eigenvalue weighted by Gasteiger charge is -2.32. The average molecular weight is 458 g/mol. The first-order valence-electron chi connectivity index (χ1n) is 12.1. The van der Waals surface area contributed by atoms with Gasteiger partial charge in [-0.2, -0.15) is 0 Å². The van der Waals surface area contributed by atoms with Gasteiger partial charge >= 0.3 is 0 Å². The monoisotopic (exact) mass is 457 g/mol. The fourth-order valence-electron chi connectivity index (χ4n) is 4.65. The number of nitrogens with one attached hydrogen (secondary N) is 2. The highest BCUT2D eigenvalue weighted by Gasteiger charge is 2.28. The fraction of sp³-hybridized carbons (Fsp3) is 0.379. The van der Waals surface area contributed by atoms with Crippen LogP contribution in [-0.2, 0) is 6.61 Å². The second kappa shape index (κ2) is 10.8. The Bertz CT molecular complexity index is 1050. The van der Waals surface area contributed by atoms with E-state index in [-0.39, 0.29) is 23.3 Å². The van der Waals surface area contributed by atoms with Crippen LogP contribution in [0.2, 0.25) is 0 Å². The predicted molar refractivity (Wildman–Crippen MR) is 136 cm³/mol. The summed E-state index contributed by atoms with van der Waals surface area (Å²) in [5.74, 6) is 1.03. The van der Waals surface area contributed by atoms with E-state index in [0.29, 0.717) is 12.2 Å². The van der Waals surface area contributed by atoms with E-state index in [2.05, 4.69) is 60.7 Å². The Balaban J connectivity index is 1.45. The highest BCUT2D eigenvalue weighted by Crippen LogP contribution is 2.41. The number of piperidine rings is 1. The first kappa shape index (κ1) is 24.0. The number of ether oxygens (including phenoxy) is 1. The van der Waals surface area contributed by atoms with Crippen LogP contribution >= 0.6 is 0 Å². The van der Waals surface area contributed by atoms with Crippen LogP contribution in [0, 0.1) is 5.41 Å². The van der Waals surface area contributed by atoms with Gasteiger partial charge in [-0.1, -0.05) is 51.1 Å². The number of hydrogen-bond acceptors (Lipinski definition) is 4. The molecule has 1 aromatic heterocycles. The summed E-state index contributed by atoms with van der Waals surface area (Å²) >= 11 is 0. The van der Waals surface area contributed by atoms with Crippen LogP contribution in [0.3, 0.4) is 0 Å². The lowest BCUT2D eigenvalue weighted by atomic mass is 9.72. The van der Waals surface area contributed by atoms with E-state index in [9.17, 15) is 4.79 Å². The molecule has 1 saturated heterocycles. The molecular formula is C29H35N3O2. The molecule has 1 aliphatic heterocycles. The Morgan fingerprint density at radius 1 is 1.00 bits per heavy atom. The number of hydrogen-bond donors (Lipinski definition) is 2. The highest BCUT2D eigenvalue weighted by molar-refractivity contribution is 5.94. The number of amides is 1. The lowest BCUT2D eigenvalue weighted by molar-refractivity contribution is 0.0929. The van der Waals surface area contributed by atoms with Crippen molar-refractivity contribution >= 4 is 5.91 Å². The summed E-state index contributed by atoms with van der Waals surface area (Å²) in [6.07, 6.45) is 3.74. The molecule has 2 heterocycles. The Hall–Kier alpha value is -3.18. The molecule has 0 aliphatic carbocycles. The minimum Gasteiger partial charge on any atom is -0.487 e. The molecule has 1 aliphatic rings. The van der Waals surface area contributed by atoms with E-state index in [0.717, 1.165) is 37.4 Å². The molecule has 0 bridgehead atoms. The number of benzene rings is 2. The predicted octanol–water partition coefficient (Wildman–Crippen LogP) is 5.32. The van der Waals surface area contributed by atoms with E-state index < -0.39 is 0 Å². The van der Waals surface area contributed by atoms with Gasteiger partial charge in [-0.3, -0.25) is 9.78 Å². The molecule has 2 aromatic carbocycles. The van der Waals surface area contributed by atoms with Gasteiger partial charge in [0.25, 0.3) is 5.91 Å². The zero-order chi connectivity index (χ0) is 24.0. The van der Waals surface area contributed by atoms with Gasteiger partial charge in [0.1, 0.15) is 12.4 Å². The van der Waals surface area contributed by atoms with Crippen molar-refractivity contribution in [3.63, 3.8) is 0 Å². The molecule has 34 heavy (non-hydrogen) atoms. The summed E-state index contributed by atoms with van der Waals surface area (Å²) in [4.78, 5) is 17.0. The summed E-state index contributed by atoms with van der Waals surface area (Å²) in [6, 6.07) is 22.5. The van der Waals surface area contributed by atoms with E-state index in [1.807, 2.05) is 42.5 Å².